The number of aromatic nitrogens is 4. The highest BCUT2D eigenvalue weighted by molar-refractivity contribution is 7.97. The van der Waals surface area contributed by atoms with Gasteiger partial charge >= 0.3 is 0 Å². The predicted octanol–water partition coefficient (Wildman–Crippen LogP) is 4.24. The Bertz CT molecular complexity index is 925. The van der Waals surface area contributed by atoms with Crippen LogP contribution in [0.4, 0.5) is 5.82 Å². The zero-order valence-corrected chi connectivity index (χ0v) is 16.4. The summed E-state index contributed by atoms with van der Waals surface area (Å²) < 4.78 is 4.01. The number of carbonyl (C=O) groups excluding carboxylic acids is 1. The number of amides is 1. The standard InChI is InChI=1S/C20H25N5OS/c1-27-14-19-22-16-9-5-6-10-17(16)24(19)13-20(26)23-18-11-12-21-25(18)15-7-3-2-4-8-15/h5-6,9-12,15H,2-4,7-8,13-14H2,1H3,(H,23,26). The van der Waals surface area contributed by atoms with Gasteiger partial charge in [0, 0.05) is 6.07 Å². The SMILES string of the molecule is CSCc1nc2ccccc2n1CC(=O)Nc1ccnn1C1CCCCC1. The molecule has 27 heavy (non-hydrogen) atoms. The molecule has 0 spiro atoms. The lowest BCUT2D eigenvalue weighted by Crippen LogP contribution is -2.23. The molecule has 0 saturated heterocycles. The van der Waals surface area contributed by atoms with Crippen molar-refractivity contribution >= 4 is 34.5 Å². The summed E-state index contributed by atoms with van der Waals surface area (Å²) in [5.41, 5.74) is 1.93. The average molecular weight is 384 g/mol. The number of hydrogen-bond donors (Lipinski definition) is 1. The van der Waals surface area contributed by atoms with Crippen LogP contribution in [0, 0.1) is 0 Å². The third-order valence-corrected chi connectivity index (χ3v) is 5.71. The first kappa shape index (κ1) is 18.1. The van der Waals surface area contributed by atoms with Crippen molar-refractivity contribution in [1.82, 2.24) is 19.3 Å². The highest BCUT2D eigenvalue weighted by Crippen LogP contribution is 2.30. The molecule has 3 aromatic rings. The van der Waals surface area contributed by atoms with E-state index in [0.717, 1.165) is 41.3 Å². The molecule has 6 nitrogen and oxygen atoms in total. The average Bonchev–Trinajstić information content (AvgIpc) is 3.28. The molecule has 0 radical (unpaired) electrons. The molecule has 4 rings (SSSR count). The summed E-state index contributed by atoms with van der Waals surface area (Å²) in [6.45, 7) is 0.256. The zero-order chi connectivity index (χ0) is 18.6. The smallest absolute Gasteiger partial charge is 0.245 e. The monoisotopic (exact) mass is 383 g/mol. The van der Waals surface area contributed by atoms with Crippen LogP contribution in [0.3, 0.4) is 0 Å². The Morgan fingerprint density at radius 1 is 1.22 bits per heavy atom. The van der Waals surface area contributed by atoms with Crippen molar-refractivity contribution in [3.8, 4) is 0 Å². The molecule has 0 aliphatic heterocycles. The van der Waals surface area contributed by atoms with Crippen LogP contribution in [0.1, 0.15) is 44.0 Å². The molecular formula is C20H25N5OS. The van der Waals surface area contributed by atoms with Gasteiger partial charge in [-0.05, 0) is 31.2 Å². The van der Waals surface area contributed by atoms with Gasteiger partial charge in [0.2, 0.25) is 5.91 Å². The Balaban J connectivity index is 1.53. The number of imidazole rings is 1. The Morgan fingerprint density at radius 3 is 2.85 bits per heavy atom. The molecule has 2 aromatic heterocycles. The largest absolute Gasteiger partial charge is 0.318 e. The van der Waals surface area contributed by atoms with E-state index >= 15 is 0 Å². The van der Waals surface area contributed by atoms with Crippen LogP contribution in [0.2, 0.25) is 0 Å². The Labute approximate surface area is 163 Å². The third-order valence-electron chi connectivity index (χ3n) is 5.17. The Hall–Kier alpha value is -2.28. The second kappa shape index (κ2) is 8.17. The Morgan fingerprint density at radius 2 is 2.04 bits per heavy atom. The van der Waals surface area contributed by atoms with E-state index in [1.54, 1.807) is 18.0 Å². The van der Waals surface area contributed by atoms with Crippen molar-refractivity contribution in [2.24, 2.45) is 0 Å². The van der Waals surface area contributed by atoms with Crippen LogP contribution in [-0.4, -0.2) is 31.5 Å². The van der Waals surface area contributed by atoms with Crippen LogP contribution < -0.4 is 5.32 Å². The fraction of sp³-hybridized carbons (Fsp3) is 0.450. The fourth-order valence-electron chi connectivity index (χ4n) is 3.90. The summed E-state index contributed by atoms with van der Waals surface area (Å²) in [5, 5.41) is 7.53. The van der Waals surface area contributed by atoms with Gasteiger partial charge in [0.05, 0.1) is 29.0 Å². The van der Waals surface area contributed by atoms with E-state index in [-0.39, 0.29) is 12.5 Å². The molecule has 2 heterocycles. The van der Waals surface area contributed by atoms with Crippen molar-refractivity contribution < 1.29 is 4.79 Å². The highest BCUT2D eigenvalue weighted by atomic mass is 32.2. The summed E-state index contributed by atoms with van der Waals surface area (Å²) in [5.74, 6) is 2.46. The molecule has 0 unspecified atom stereocenters. The van der Waals surface area contributed by atoms with E-state index in [1.807, 2.05) is 45.8 Å². The lowest BCUT2D eigenvalue weighted by Gasteiger charge is -2.24. The molecule has 1 aliphatic carbocycles. The number of carbonyl (C=O) groups is 1. The maximum Gasteiger partial charge on any atom is 0.245 e. The second-order valence-corrected chi connectivity index (χ2v) is 7.90. The van der Waals surface area contributed by atoms with Gasteiger partial charge in [0.25, 0.3) is 0 Å². The number of nitrogens with zero attached hydrogens (tertiary/aromatic N) is 4. The topological polar surface area (TPSA) is 64.7 Å². The summed E-state index contributed by atoms with van der Waals surface area (Å²) in [6, 6.07) is 10.3. The quantitative estimate of drug-likeness (QED) is 0.691. The number of benzene rings is 1. The molecule has 1 aliphatic rings. The van der Waals surface area contributed by atoms with Gasteiger partial charge in [0.15, 0.2) is 0 Å². The number of rotatable bonds is 6. The summed E-state index contributed by atoms with van der Waals surface area (Å²) in [7, 11) is 0. The molecule has 142 valence electrons. The van der Waals surface area contributed by atoms with Crippen LogP contribution in [0.15, 0.2) is 36.5 Å². The minimum absolute atomic E-state index is 0.0435. The number of fused-ring (bicyclic) bond motifs is 1. The fourth-order valence-corrected chi connectivity index (χ4v) is 4.38. The molecule has 7 heteroatoms. The normalized spacial score (nSPS) is 15.3. The van der Waals surface area contributed by atoms with E-state index in [4.69, 9.17) is 0 Å². The van der Waals surface area contributed by atoms with Crippen molar-refractivity contribution in [3.63, 3.8) is 0 Å². The zero-order valence-electron chi connectivity index (χ0n) is 15.6. The lowest BCUT2D eigenvalue weighted by atomic mass is 9.96. The van der Waals surface area contributed by atoms with Gasteiger partial charge < -0.3 is 9.88 Å². The number of nitrogens with one attached hydrogen (secondary N) is 1. The van der Waals surface area contributed by atoms with Crippen LogP contribution >= 0.6 is 11.8 Å². The van der Waals surface area contributed by atoms with Crippen LogP contribution in [-0.2, 0) is 17.1 Å². The van der Waals surface area contributed by atoms with Gasteiger partial charge in [-0.3, -0.25) is 4.79 Å². The van der Waals surface area contributed by atoms with E-state index in [2.05, 4.69) is 15.4 Å². The van der Waals surface area contributed by atoms with Gasteiger partial charge in [-0.2, -0.15) is 16.9 Å². The van der Waals surface area contributed by atoms with E-state index in [9.17, 15) is 4.79 Å². The molecule has 0 bridgehead atoms. The summed E-state index contributed by atoms with van der Waals surface area (Å²) >= 11 is 1.71. The van der Waals surface area contributed by atoms with Crippen molar-refractivity contribution in [2.45, 2.75) is 50.4 Å². The van der Waals surface area contributed by atoms with Crippen LogP contribution in [0.25, 0.3) is 11.0 Å². The van der Waals surface area contributed by atoms with Gasteiger partial charge in [-0.1, -0.05) is 31.4 Å². The van der Waals surface area contributed by atoms with E-state index in [1.165, 1.54) is 19.3 Å². The number of hydrogen-bond acceptors (Lipinski definition) is 4. The minimum Gasteiger partial charge on any atom is -0.318 e. The summed E-state index contributed by atoms with van der Waals surface area (Å²) in [4.78, 5) is 17.5. The maximum absolute atomic E-state index is 12.8. The Kier molecular flexibility index (Phi) is 5.48. The molecule has 1 saturated carbocycles. The lowest BCUT2D eigenvalue weighted by molar-refractivity contribution is -0.116. The van der Waals surface area contributed by atoms with E-state index < -0.39 is 0 Å². The van der Waals surface area contributed by atoms with Crippen molar-refractivity contribution in [1.29, 1.82) is 0 Å². The highest BCUT2D eigenvalue weighted by Gasteiger charge is 2.20. The predicted molar refractivity (Wildman–Crippen MR) is 110 cm³/mol. The number of para-hydroxylation sites is 2. The molecule has 0 atom stereocenters. The molecule has 1 fully saturated rings. The number of thioether (sulfide) groups is 1. The molecule has 1 amide bonds. The third kappa shape index (κ3) is 3.88. The van der Waals surface area contributed by atoms with Gasteiger partial charge in [-0.25, -0.2) is 9.67 Å². The van der Waals surface area contributed by atoms with Gasteiger partial charge in [-0.15, -0.1) is 0 Å². The maximum atomic E-state index is 12.8. The van der Waals surface area contributed by atoms with Crippen molar-refractivity contribution in [3.05, 3.63) is 42.4 Å². The molecule has 1 N–H and O–H groups in total. The molecule has 1 aromatic carbocycles. The first-order chi connectivity index (χ1) is 13.3. The minimum atomic E-state index is -0.0435. The van der Waals surface area contributed by atoms with Crippen molar-refractivity contribution in [2.75, 3.05) is 11.6 Å². The van der Waals surface area contributed by atoms with E-state index in [0.29, 0.717) is 6.04 Å². The first-order valence-corrected chi connectivity index (χ1v) is 10.9. The van der Waals surface area contributed by atoms with Gasteiger partial charge in [0.1, 0.15) is 18.2 Å². The molecular weight excluding hydrogens is 358 g/mol. The number of anilines is 1. The first-order valence-electron chi connectivity index (χ1n) is 9.52. The second-order valence-electron chi connectivity index (χ2n) is 7.04. The van der Waals surface area contributed by atoms with Crippen LogP contribution in [0.5, 0.6) is 0 Å². The summed E-state index contributed by atoms with van der Waals surface area (Å²) in [6.07, 6.45) is 9.85.